The van der Waals surface area contributed by atoms with Crippen LogP contribution in [0.4, 0.5) is 0 Å². The number of nitrogens with zero attached hydrogens (tertiary/aromatic N) is 3. The molecular formula is C24H25N3O3. The summed E-state index contributed by atoms with van der Waals surface area (Å²) in [6, 6.07) is 13.1. The Morgan fingerprint density at radius 1 is 1.07 bits per heavy atom. The molecular weight excluding hydrogens is 378 g/mol. The SMILES string of the molecule is CCCCOc1ccc2ccc(=O)n(Cc3ccccn3)c2c1-c1c(C)noc1C. The lowest BCUT2D eigenvalue weighted by atomic mass is 9.98. The highest BCUT2D eigenvalue weighted by molar-refractivity contribution is 5.98. The van der Waals surface area contributed by atoms with Gasteiger partial charge >= 0.3 is 0 Å². The molecule has 6 nitrogen and oxygen atoms in total. The van der Waals surface area contributed by atoms with Crippen molar-refractivity contribution in [2.75, 3.05) is 6.61 Å². The fourth-order valence-corrected chi connectivity index (χ4v) is 3.71. The minimum atomic E-state index is -0.0909. The van der Waals surface area contributed by atoms with Gasteiger partial charge in [0.1, 0.15) is 11.5 Å². The average molecular weight is 403 g/mol. The minimum Gasteiger partial charge on any atom is -0.493 e. The predicted octanol–water partition coefficient (Wildman–Crippen LogP) is 4.90. The zero-order valence-electron chi connectivity index (χ0n) is 17.5. The van der Waals surface area contributed by atoms with Gasteiger partial charge in [-0.3, -0.25) is 9.78 Å². The molecule has 3 heterocycles. The summed E-state index contributed by atoms with van der Waals surface area (Å²) < 4.78 is 13.4. The zero-order valence-corrected chi connectivity index (χ0v) is 17.5. The molecule has 0 spiro atoms. The minimum absolute atomic E-state index is 0.0909. The van der Waals surface area contributed by atoms with Gasteiger partial charge in [0.2, 0.25) is 0 Å². The Morgan fingerprint density at radius 2 is 1.90 bits per heavy atom. The molecule has 4 rings (SSSR count). The fourth-order valence-electron chi connectivity index (χ4n) is 3.71. The van der Waals surface area contributed by atoms with E-state index in [4.69, 9.17) is 9.26 Å². The Kier molecular flexibility index (Phi) is 5.65. The van der Waals surface area contributed by atoms with Crippen LogP contribution in [-0.4, -0.2) is 21.3 Å². The summed E-state index contributed by atoms with van der Waals surface area (Å²) in [6.07, 6.45) is 3.73. The van der Waals surface area contributed by atoms with Gasteiger partial charge in [-0.05, 0) is 56.0 Å². The number of fused-ring (bicyclic) bond motifs is 1. The van der Waals surface area contributed by atoms with Crippen LogP contribution in [0.2, 0.25) is 0 Å². The first-order chi connectivity index (χ1) is 14.6. The Labute approximate surface area is 175 Å². The third-order valence-corrected chi connectivity index (χ3v) is 5.20. The number of hydrogen-bond acceptors (Lipinski definition) is 5. The quantitative estimate of drug-likeness (QED) is 0.411. The molecule has 0 amide bonds. The van der Waals surface area contributed by atoms with Gasteiger partial charge < -0.3 is 13.8 Å². The molecule has 4 aromatic rings. The van der Waals surface area contributed by atoms with Gasteiger partial charge in [0, 0.05) is 12.3 Å². The molecule has 0 fully saturated rings. The van der Waals surface area contributed by atoms with Gasteiger partial charge in [0.15, 0.2) is 0 Å². The third-order valence-electron chi connectivity index (χ3n) is 5.20. The van der Waals surface area contributed by atoms with E-state index in [1.165, 1.54) is 0 Å². The van der Waals surface area contributed by atoms with Gasteiger partial charge in [-0.2, -0.15) is 0 Å². The molecule has 0 bridgehead atoms. The number of rotatable bonds is 7. The zero-order chi connectivity index (χ0) is 21.1. The van der Waals surface area contributed by atoms with Crippen molar-refractivity contribution in [3.05, 3.63) is 76.2 Å². The van der Waals surface area contributed by atoms with E-state index in [-0.39, 0.29) is 5.56 Å². The van der Waals surface area contributed by atoms with Crippen molar-refractivity contribution in [2.24, 2.45) is 0 Å². The van der Waals surface area contributed by atoms with Crippen LogP contribution in [0.1, 0.15) is 36.9 Å². The van der Waals surface area contributed by atoms with E-state index in [1.54, 1.807) is 16.8 Å². The summed E-state index contributed by atoms with van der Waals surface area (Å²) in [5, 5.41) is 5.09. The molecule has 0 aliphatic heterocycles. The first kappa shape index (κ1) is 19.9. The smallest absolute Gasteiger partial charge is 0.251 e. The Hall–Kier alpha value is -3.41. The lowest BCUT2D eigenvalue weighted by Gasteiger charge is -2.18. The summed E-state index contributed by atoms with van der Waals surface area (Å²) in [4.78, 5) is 17.4. The molecule has 0 unspecified atom stereocenters. The Bertz CT molecular complexity index is 1210. The molecule has 0 radical (unpaired) electrons. The molecule has 0 saturated heterocycles. The molecule has 0 atom stereocenters. The van der Waals surface area contributed by atoms with Crippen molar-refractivity contribution in [1.29, 1.82) is 0 Å². The maximum Gasteiger partial charge on any atom is 0.251 e. The molecule has 0 aliphatic rings. The lowest BCUT2D eigenvalue weighted by molar-refractivity contribution is 0.311. The van der Waals surface area contributed by atoms with E-state index >= 15 is 0 Å². The maximum atomic E-state index is 13.0. The summed E-state index contributed by atoms with van der Waals surface area (Å²) in [5.41, 5.74) is 4.00. The number of ether oxygens (including phenoxy) is 1. The molecule has 154 valence electrons. The van der Waals surface area contributed by atoms with Crippen molar-refractivity contribution < 1.29 is 9.26 Å². The number of unbranched alkanes of at least 4 members (excludes halogenated alkanes) is 1. The number of aryl methyl sites for hydroxylation is 2. The highest BCUT2D eigenvalue weighted by Gasteiger charge is 2.22. The Balaban J connectivity index is 2.01. The van der Waals surface area contributed by atoms with Gasteiger partial charge in [-0.25, -0.2) is 0 Å². The van der Waals surface area contributed by atoms with Crippen LogP contribution < -0.4 is 10.3 Å². The van der Waals surface area contributed by atoms with E-state index in [2.05, 4.69) is 17.1 Å². The summed E-state index contributed by atoms with van der Waals surface area (Å²) in [7, 11) is 0. The molecule has 0 N–H and O–H groups in total. The van der Waals surface area contributed by atoms with Crippen LogP contribution in [0.15, 0.2) is 58.0 Å². The summed E-state index contributed by atoms with van der Waals surface area (Å²) >= 11 is 0. The normalized spacial score (nSPS) is 11.2. The van der Waals surface area contributed by atoms with Crippen LogP contribution >= 0.6 is 0 Å². The van der Waals surface area contributed by atoms with Gasteiger partial charge in [0.05, 0.1) is 41.2 Å². The topological polar surface area (TPSA) is 70.2 Å². The standard InChI is InChI=1S/C24H25N3O3/c1-4-5-14-29-20-11-9-18-10-12-21(28)27(15-19-8-6-7-13-25-19)24(18)23(20)22-16(2)26-30-17(22)3/h6-13H,4-5,14-15H2,1-3H3. The molecule has 3 aromatic heterocycles. The summed E-state index contributed by atoms with van der Waals surface area (Å²) in [5.74, 6) is 1.42. The predicted molar refractivity (Wildman–Crippen MR) is 117 cm³/mol. The monoisotopic (exact) mass is 403 g/mol. The van der Waals surface area contributed by atoms with Crippen molar-refractivity contribution in [3.63, 3.8) is 0 Å². The van der Waals surface area contributed by atoms with Crippen molar-refractivity contribution >= 4 is 10.9 Å². The van der Waals surface area contributed by atoms with Crippen molar-refractivity contribution in [2.45, 2.75) is 40.2 Å². The van der Waals surface area contributed by atoms with Crippen molar-refractivity contribution in [1.82, 2.24) is 14.7 Å². The highest BCUT2D eigenvalue weighted by Crippen LogP contribution is 2.40. The van der Waals surface area contributed by atoms with E-state index in [0.29, 0.717) is 18.9 Å². The van der Waals surface area contributed by atoms with Crippen LogP contribution in [0.25, 0.3) is 22.0 Å². The number of pyridine rings is 2. The second kappa shape index (κ2) is 8.53. The number of benzene rings is 1. The van der Waals surface area contributed by atoms with Crippen LogP contribution in [0.5, 0.6) is 5.75 Å². The number of aromatic nitrogens is 3. The first-order valence-corrected chi connectivity index (χ1v) is 10.2. The molecule has 1 aromatic carbocycles. The molecule has 30 heavy (non-hydrogen) atoms. The van der Waals surface area contributed by atoms with Crippen molar-refractivity contribution in [3.8, 4) is 16.9 Å². The maximum absolute atomic E-state index is 13.0. The van der Waals surface area contributed by atoms with Gasteiger partial charge in [0.25, 0.3) is 5.56 Å². The van der Waals surface area contributed by atoms with Crippen LogP contribution in [0, 0.1) is 13.8 Å². The second-order valence-electron chi connectivity index (χ2n) is 7.36. The van der Waals surface area contributed by atoms with Gasteiger partial charge in [-0.1, -0.05) is 24.6 Å². The van der Waals surface area contributed by atoms with Crippen LogP contribution in [-0.2, 0) is 6.54 Å². The Morgan fingerprint density at radius 3 is 2.60 bits per heavy atom. The van der Waals surface area contributed by atoms with Crippen LogP contribution in [0.3, 0.4) is 0 Å². The van der Waals surface area contributed by atoms with E-state index in [1.807, 2.05) is 50.2 Å². The molecule has 0 saturated carbocycles. The first-order valence-electron chi connectivity index (χ1n) is 10.2. The average Bonchev–Trinajstić information content (AvgIpc) is 3.09. The third kappa shape index (κ3) is 3.73. The van der Waals surface area contributed by atoms with E-state index in [0.717, 1.165) is 52.0 Å². The number of hydrogen-bond donors (Lipinski definition) is 0. The summed E-state index contributed by atoms with van der Waals surface area (Å²) in [6.45, 7) is 6.89. The highest BCUT2D eigenvalue weighted by atomic mass is 16.5. The fraction of sp³-hybridized carbons (Fsp3) is 0.292. The van der Waals surface area contributed by atoms with E-state index < -0.39 is 0 Å². The molecule has 6 heteroatoms. The second-order valence-corrected chi connectivity index (χ2v) is 7.36. The lowest BCUT2D eigenvalue weighted by Crippen LogP contribution is -2.21. The largest absolute Gasteiger partial charge is 0.493 e. The molecule has 0 aliphatic carbocycles. The van der Waals surface area contributed by atoms with Gasteiger partial charge in [-0.15, -0.1) is 0 Å². The van der Waals surface area contributed by atoms with E-state index in [9.17, 15) is 4.79 Å².